The third kappa shape index (κ3) is 2.12. The number of benzene rings is 1. The molecule has 0 aliphatic rings. The van der Waals surface area contributed by atoms with Gasteiger partial charge in [-0.25, -0.2) is 5.84 Å². The molecule has 0 saturated carbocycles. The monoisotopic (exact) mass is 192 g/mol. The predicted octanol–water partition coefficient (Wildman–Crippen LogP) is 1.40. The van der Waals surface area contributed by atoms with Gasteiger partial charge in [0.05, 0.1) is 5.92 Å². The lowest BCUT2D eigenvalue weighted by molar-refractivity contribution is -0.122. The number of hydrogen-bond donors (Lipinski definition) is 2. The minimum absolute atomic E-state index is 0.154. The van der Waals surface area contributed by atoms with Gasteiger partial charge in [-0.15, -0.1) is 0 Å². The topological polar surface area (TPSA) is 55.1 Å². The van der Waals surface area contributed by atoms with Crippen molar-refractivity contribution < 1.29 is 4.79 Å². The summed E-state index contributed by atoms with van der Waals surface area (Å²) in [6.45, 7) is 5.86. The van der Waals surface area contributed by atoms with Crippen LogP contribution >= 0.6 is 0 Å². The molecule has 0 heterocycles. The van der Waals surface area contributed by atoms with Crippen molar-refractivity contribution in [2.45, 2.75) is 26.7 Å². The second-order valence-electron chi connectivity index (χ2n) is 3.59. The minimum atomic E-state index is -0.195. The van der Waals surface area contributed by atoms with Crippen molar-refractivity contribution >= 4 is 5.91 Å². The van der Waals surface area contributed by atoms with Crippen molar-refractivity contribution in [1.82, 2.24) is 5.43 Å². The molecule has 76 valence electrons. The van der Waals surface area contributed by atoms with Crippen LogP contribution in [0.3, 0.4) is 0 Å². The molecule has 3 heteroatoms. The molecule has 1 amide bonds. The number of nitrogens with one attached hydrogen (secondary N) is 1. The number of aryl methyl sites for hydroxylation is 2. The first-order valence-electron chi connectivity index (χ1n) is 4.64. The van der Waals surface area contributed by atoms with Crippen molar-refractivity contribution in [2.75, 3.05) is 0 Å². The number of carbonyl (C=O) groups is 1. The van der Waals surface area contributed by atoms with Gasteiger partial charge < -0.3 is 0 Å². The Morgan fingerprint density at radius 2 is 2.07 bits per heavy atom. The molecule has 0 aliphatic carbocycles. The van der Waals surface area contributed by atoms with E-state index in [0.29, 0.717) is 0 Å². The van der Waals surface area contributed by atoms with Gasteiger partial charge in [0.2, 0.25) is 5.91 Å². The van der Waals surface area contributed by atoms with Gasteiger partial charge in [0.1, 0.15) is 0 Å². The molecule has 0 saturated heterocycles. The fourth-order valence-electron chi connectivity index (χ4n) is 1.49. The largest absolute Gasteiger partial charge is 0.294 e. The van der Waals surface area contributed by atoms with Gasteiger partial charge in [0.25, 0.3) is 0 Å². The van der Waals surface area contributed by atoms with E-state index in [0.717, 1.165) is 16.7 Å². The summed E-state index contributed by atoms with van der Waals surface area (Å²) in [6, 6.07) is 6.08. The van der Waals surface area contributed by atoms with Crippen LogP contribution in [0.5, 0.6) is 0 Å². The molecular weight excluding hydrogens is 176 g/mol. The van der Waals surface area contributed by atoms with E-state index >= 15 is 0 Å². The summed E-state index contributed by atoms with van der Waals surface area (Å²) in [5, 5.41) is 0. The first kappa shape index (κ1) is 10.7. The number of amides is 1. The van der Waals surface area contributed by atoms with Crippen LogP contribution in [0, 0.1) is 13.8 Å². The molecule has 1 atom stereocenters. The van der Waals surface area contributed by atoms with E-state index in [-0.39, 0.29) is 11.8 Å². The van der Waals surface area contributed by atoms with E-state index in [9.17, 15) is 4.79 Å². The minimum Gasteiger partial charge on any atom is -0.294 e. The third-order valence-corrected chi connectivity index (χ3v) is 2.44. The molecule has 0 spiro atoms. The molecule has 0 fully saturated rings. The van der Waals surface area contributed by atoms with Gasteiger partial charge in [0.15, 0.2) is 0 Å². The van der Waals surface area contributed by atoms with Crippen molar-refractivity contribution in [2.24, 2.45) is 5.84 Å². The van der Waals surface area contributed by atoms with Crippen LogP contribution < -0.4 is 11.3 Å². The summed E-state index contributed by atoms with van der Waals surface area (Å²) < 4.78 is 0. The Hall–Kier alpha value is -1.35. The first-order valence-corrected chi connectivity index (χ1v) is 4.64. The molecule has 1 aromatic rings. The summed E-state index contributed by atoms with van der Waals surface area (Å²) in [7, 11) is 0. The van der Waals surface area contributed by atoms with Gasteiger partial charge in [-0.2, -0.15) is 0 Å². The number of hydrogen-bond acceptors (Lipinski definition) is 2. The molecule has 3 nitrogen and oxygen atoms in total. The summed E-state index contributed by atoms with van der Waals surface area (Å²) in [6.07, 6.45) is 0. The highest BCUT2D eigenvalue weighted by Gasteiger charge is 2.15. The first-order chi connectivity index (χ1) is 6.56. The summed E-state index contributed by atoms with van der Waals surface area (Å²) in [5.41, 5.74) is 5.48. The van der Waals surface area contributed by atoms with Gasteiger partial charge in [-0.3, -0.25) is 10.2 Å². The molecule has 1 rings (SSSR count). The van der Waals surface area contributed by atoms with Gasteiger partial charge in [-0.05, 0) is 31.9 Å². The van der Waals surface area contributed by atoms with Crippen LogP contribution in [-0.2, 0) is 4.79 Å². The zero-order valence-electron chi connectivity index (χ0n) is 8.79. The van der Waals surface area contributed by atoms with Crippen LogP contribution in [0.4, 0.5) is 0 Å². The highest BCUT2D eigenvalue weighted by Crippen LogP contribution is 2.20. The molecular formula is C11H16N2O. The maximum Gasteiger partial charge on any atom is 0.241 e. The second kappa shape index (κ2) is 4.24. The zero-order chi connectivity index (χ0) is 10.7. The second-order valence-corrected chi connectivity index (χ2v) is 3.59. The van der Waals surface area contributed by atoms with Crippen molar-refractivity contribution in [3.63, 3.8) is 0 Å². The summed E-state index contributed by atoms with van der Waals surface area (Å²) >= 11 is 0. The van der Waals surface area contributed by atoms with Crippen molar-refractivity contribution in [3.8, 4) is 0 Å². The number of nitrogens with two attached hydrogens (primary N) is 1. The van der Waals surface area contributed by atoms with E-state index in [2.05, 4.69) is 5.43 Å². The van der Waals surface area contributed by atoms with Crippen molar-refractivity contribution in [3.05, 3.63) is 34.9 Å². The number of carbonyl (C=O) groups excluding carboxylic acids is 1. The molecule has 0 bridgehead atoms. The Balaban J connectivity index is 3.05. The third-order valence-electron chi connectivity index (χ3n) is 2.44. The lowest BCUT2D eigenvalue weighted by Gasteiger charge is -2.13. The van der Waals surface area contributed by atoms with Gasteiger partial charge in [-0.1, -0.05) is 23.8 Å². The quantitative estimate of drug-likeness (QED) is 0.423. The number of rotatable bonds is 2. The number of hydrazine groups is 1. The zero-order valence-corrected chi connectivity index (χ0v) is 8.79. The van der Waals surface area contributed by atoms with Crippen LogP contribution in [0.15, 0.2) is 18.2 Å². The fraction of sp³-hybridized carbons (Fsp3) is 0.364. The molecule has 14 heavy (non-hydrogen) atoms. The van der Waals surface area contributed by atoms with Gasteiger partial charge >= 0.3 is 0 Å². The lowest BCUT2D eigenvalue weighted by atomic mass is 9.94. The van der Waals surface area contributed by atoms with Crippen LogP contribution in [0.2, 0.25) is 0 Å². The normalized spacial score (nSPS) is 12.3. The highest BCUT2D eigenvalue weighted by atomic mass is 16.2. The Bertz CT molecular complexity index is 347. The Morgan fingerprint density at radius 3 is 2.64 bits per heavy atom. The molecule has 0 radical (unpaired) electrons. The average molecular weight is 192 g/mol. The smallest absolute Gasteiger partial charge is 0.241 e. The maximum absolute atomic E-state index is 11.3. The van der Waals surface area contributed by atoms with E-state index in [1.54, 1.807) is 0 Å². The maximum atomic E-state index is 11.3. The lowest BCUT2D eigenvalue weighted by Crippen LogP contribution is -2.33. The average Bonchev–Trinajstić information content (AvgIpc) is 2.19. The highest BCUT2D eigenvalue weighted by molar-refractivity contribution is 5.83. The SMILES string of the molecule is Cc1ccc(C)c(C(C)C(=O)NN)c1. The van der Waals surface area contributed by atoms with Crippen LogP contribution in [-0.4, -0.2) is 5.91 Å². The summed E-state index contributed by atoms with van der Waals surface area (Å²) in [5.74, 6) is 4.75. The summed E-state index contributed by atoms with van der Waals surface area (Å²) in [4.78, 5) is 11.3. The Labute approximate surface area is 84.3 Å². The molecule has 0 aliphatic heterocycles. The van der Waals surface area contributed by atoms with E-state index < -0.39 is 0 Å². The Morgan fingerprint density at radius 1 is 1.43 bits per heavy atom. The molecule has 3 N–H and O–H groups in total. The van der Waals surface area contributed by atoms with E-state index in [4.69, 9.17) is 5.84 Å². The molecule has 1 aromatic carbocycles. The Kier molecular flexibility index (Phi) is 3.25. The van der Waals surface area contributed by atoms with Crippen LogP contribution in [0.1, 0.15) is 29.5 Å². The standard InChI is InChI=1S/C11H16N2O/c1-7-4-5-8(2)10(6-7)9(3)11(14)13-12/h4-6,9H,12H2,1-3H3,(H,13,14). The van der Waals surface area contributed by atoms with E-state index in [1.807, 2.05) is 39.0 Å². The fourth-order valence-corrected chi connectivity index (χ4v) is 1.49. The van der Waals surface area contributed by atoms with Crippen LogP contribution in [0.25, 0.3) is 0 Å². The molecule has 0 aromatic heterocycles. The molecule has 1 unspecified atom stereocenters. The van der Waals surface area contributed by atoms with Gasteiger partial charge in [0, 0.05) is 0 Å². The van der Waals surface area contributed by atoms with Crippen molar-refractivity contribution in [1.29, 1.82) is 0 Å². The predicted molar refractivity (Wildman–Crippen MR) is 56.7 cm³/mol. The van der Waals surface area contributed by atoms with E-state index in [1.165, 1.54) is 0 Å².